The molecular formula is C21H20N2O5. The van der Waals surface area contributed by atoms with Gasteiger partial charge in [-0.2, -0.15) is 0 Å². The number of rotatable bonds is 8. The summed E-state index contributed by atoms with van der Waals surface area (Å²) in [6.45, 7) is 0.616. The highest BCUT2D eigenvalue weighted by Crippen LogP contribution is 2.09. The van der Waals surface area contributed by atoms with Crippen molar-refractivity contribution in [2.75, 3.05) is 18.5 Å². The quantitative estimate of drug-likeness (QED) is 0.415. The molecule has 0 radical (unpaired) electrons. The van der Waals surface area contributed by atoms with Gasteiger partial charge in [0, 0.05) is 17.3 Å². The van der Waals surface area contributed by atoms with Crippen LogP contribution in [0.15, 0.2) is 60.7 Å². The van der Waals surface area contributed by atoms with Gasteiger partial charge in [-0.25, -0.2) is 0 Å². The summed E-state index contributed by atoms with van der Waals surface area (Å²) in [7, 11) is 0. The number of carbonyl (C=O) groups excluding carboxylic acids is 4. The van der Waals surface area contributed by atoms with Crippen molar-refractivity contribution in [3.05, 3.63) is 71.8 Å². The number of nitrogens with one attached hydrogen (secondary N) is 2. The summed E-state index contributed by atoms with van der Waals surface area (Å²) in [6.07, 6.45) is 2.92. The average Bonchev–Trinajstić information content (AvgIpc) is 2.70. The summed E-state index contributed by atoms with van der Waals surface area (Å²) >= 11 is 0. The number of carbonyl (C=O) groups is 4. The van der Waals surface area contributed by atoms with Gasteiger partial charge in [-0.3, -0.25) is 19.2 Å². The van der Waals surface area contributed by atoms with E-state index < -0.39 is 24.4 Å². The van der Waals surface area contributed by atoms with Crippen LogP contribution < -0.4 is 10.6 Å². The third-order valence-corrected chi connectivity index (χ3v) is 3.57. The summed E-state index contributed by atoms with van der Waals surface area (Å²) in [4.78, 5) is 46.3. The summed E-state index contributed by atoms with van der Waals surface area (Å²) < 4.78 is 4.81. The molecule has 0 heterocycles. The molecule has 0 unspecified atom stereocenters. The van der Waals surface area contributed by atoms with Crippen LogP contribution in [0.2, 0.25) is 0 Å². The Morgan fingerprint density at radius 3 is 2.29 bits per heavy atom. The number of amides is 2. The smallest absolute Gasteiger partial charge is 0.325 e. The number of benzene rings is 2. The van der Waals surface area contributed by atoms with Gasteiger partial charge in [0.15, 0.2) is 12.4 Å². The molecular weight excluding hydrogens is 360 g/mol. The van der Waals surface area contributed by atoms with Crippen molar-refractivity contribution >= 4 is 35.3 Å². The highest BCUT2D eigenvalue weighted by atomic mass is 16.5. The molecule has 7 heteroatoms. The minimum atomic E-state index is -0.733. The predicted molar refractivity (Wildman–Crippen MR) is 105 cm³/mol. The lowest BCUT2D eigenvalue weighted by atomic mass is 10.1. The topological polar surface area (TPSA) is 102 Å². The number of anilines is 1. The molecule has 0 aliphatic heterocycles. The van der Waals surface area contributed by atoms with Crippen LogP contribution in [0.25, 0.3) is 6.08 Å². The SMILES string of the molecule is CC(=O)c1ccc(NC(=O)COC(=O)CNC(=O)/C=C/c2ccccc2)cc1. The molecule has 2 rings (SSSR count). The van der Waals surface area contributed by atoms with Crippen LogP contribution in [-0.4, -0.2) is 36.7 Å². The van der Waals surface area contributed by atoms with E-state index in [0.29, 0.717) is 11.3 Å². The van der Waals surface area contributed by atoms with Gasteiger partial charge >= 0.3 is 5.97 Å². The second-order valence-corrected chi connectivity index (χ2v) is 5.80. The minimum Gasteiger partial charge on any atom is -0.454 e. The van der Waals surface area contributed by atoms with Gasteiger partial charge in [0.2, 0.25) is 5.91 Å². The molecule has 0 atom stereocenters. The molecule has 0 aliphatic carbocycles. The zero-order valence-corrected chi connectivity index (χ0v) is 15.3. The Bertz CT molecular complexity index is 873. The molecule has 0 aliphatic rings. The number of esters is 1. The number of ketones is 1. The molecule has 7 nitrogen and oxygen atoms in total. The number of Topliss-reactive ketones (excluding diaryl/α,β-unsaturated/α-hetero) is 1. The van der Waals surface area contributed by atoms with Crippen LogP contribution in [-0.2, 0) is 19.1 Å². The Hall–Kier alpha value is -3.74. The average molecular weight is 380 g/mol. The van der Waals surface area contributed by atoms with Crippen molar-refractivity contribution in [2.45, 2.75) is 6.92 Å². The number of hydrogen-bond donors (Lipinski definition) is 2. The van der Waals surface area contributed by atoms with Gasteiger partial charge in [-0.15, -0.1) is 0 Å². The Kier molecular flexibility index (Phi) is 7.65. The monoisotopic (exact) mass is 380 g/mol. The summed E-state index contributed by atoms with van der Waals surface area (Å²) in [5.41, 5.74) is 1.86. The summed E-state index contributed by atoms with van der Waals surface area (Å²) in [5.74, 6) is -1.79. The number of hydrogen-bond acceptors (Lipinski definition) is 5. The lowest BCUT2D eigenvalue weighted by Gasteiger charge is -2.07. The van der Waals surface area contributed by atoms with Gasteiger partial charge in [-0.1, -0.05) is 30.3 Å². The van der Waals surface area contributed by atoms with Gasteiger partial charge < -0.3 is 15.4 Å². The minimum absolute atomic E-state index is 0.0764. The van der Waals surface area contributed by atoms with E-state index in [-0.39, 0.29) is 12.3 Å². The maximum absolute atomic E-state index is 11.8. The zero-order valence-electron chi connectivity index (χ0n) is 15.3. The summed E-state index contributed by atoms with van der Waals surface area (Å²) in [6, 6.07) is 15.6. The molecule has 0 saturated carbocycles. The van der Waals surface area contributed by atoms with E-state index in [1.54, 1.807) is 30.3 Å². The Morgan fingerprint density at radius 1 is 0.964 bits per heavy atom. The van der Waals surface area contributed by atoms with Crippen LogP contribution in [0, 0.1) is 0 Å². The Morgan fingerprint density at radius 2 is 1.64 bits per heavy atom. The molecule has 0 spiro atoms. The third-order valence-electron chi connectivity index (χ3n) is 3.57. The van der Waals surface area contributed by atoms with Crippen LogP contribution in [0.1, 0.15) is 22.8 Å². The summed E-state index contributed by atoms with van der Waals surface area (Å²) in [5, 5.41) is 4.92. The highest BCUT2D eigenvalue weighted by molar-refractivity contribution is 5.96. The molecule has 0 fully saturated rings. The fourth-order valence-electron chi connectivity index (χ4n) is 2.14. The maximum atomic E-state index is 11.8. The second-order valence-electron chi connectivity index (χ2n) is 5.80. The standard InChI is InChI=1S/C21H20N2O5/c1-15(24)17-8-10-18(11-9-17)23-20(26)14-28-21(27)13-22-19(25)12-7-16-5-3-2-4-6-16/h2-12H,13-14H2,1H3,(H,22,25)(H,23,26)/b12-7+. The highest BCUT2D eigenvalue weighted by Gasteiger charge is 2.09. The van der Waals surface area contributed by atoms with Crippen molar-refractivity contribution in [2.24, 2.45) is 0 Å². The van der Waals surface area contributed by atoms with Crippen molar-refractivity contribution in [1.29, 1.82) is 0 Å². The molecule has 2 aromatic rings. The molecule has 144 valence electrons. The van der Waals surface area contributed by atoms with Gasteiger partial charge in [0.1, 0.15) is 6.54 Å². The zero-order chi connectivity index (χ0) is 20.4. The first kappa shape index (κ1) is 20.6. The van der Waals surface area contributed by atoms with Crippen molar-refractivity contribution in [3.8, 4) is 0 Å². The molecule has 2 aromatic carbocycles. The molecule has 0 saturated heterocycles. The molecule has 0 bridgehead atoms. The molecule has 2 N–H and O–H groups in total. The first-order valence-electron chi connectivity index (χ1n) is 8.51. The third kappa shape index (κ3) is 7.25. The van der Waals surface area contributed by atoms with Gasteiger partial charge in [-0.05, 0) is 42.8 Å². The molecule has 0 aromatic heterocycles. The Balaban J connectivity index is 1.68. The van der Waals surface area contributed by atoms with E-state index in [0.717, 1.165) is 5.56 Å². The molecule has 2 amide bonds. The fourth-order valence-corrected chi connectivity index (χ4v) is 2.14. The molecule has 28 heavy (non-hydrogen) atoms. The van der Waals surface area contributed by atoms with Gasteiger partial charge in [0.05, 0.1) is 0 Å². The normalized spacial score (nSPS) is 10.3. The maximum Gasteiger partial charge on any atom is 0.325 e. The van der Waals surface area contributed by atoms with E-state index in [1.807, 2.05) is 30.3 Å². The predicted octanol–water partition coefficient (Wildman–Crippen LogP) is 2.20. The van der Waals surface area contributed by atoms with E-state index in [9.17, 15) is 19.2 Å². The van der Waals surface area contributed by atoms with Crippen molar-refractivity contribution in [3.63, 3.8) is 0 Å². The van der Waals surface area contributed by atoms with Crippen molar-refractivity contribution in [1.82, 2.24) is 5.32 Å². The van der Waals surface area contributed by atoms with Crippen LogP contribution >= 0.6 is 0 Å². The van der Waals surface area contributed by atoms with E-state index in [2.05, 4.69) is 10.6 Å². The first-order valence-corrected chi connectivity index (χ1v) is 8.51. The van der Waals surface area contributed by atoms with E-state index >= 15 is 0 Å². The van der Waals surface area contributed by atoms with Gasteiger partial charge in [0.25, 0.3) is 5.91 Å². The lowest BCUT2D eigenvalue weighted by Crippen LogP contribution is -2.31. The number of ether oxygens (including phenoxy) is 1. The Labute approximate surface area is 162 Å². The second kappa shape index (κ2) is 10.4. The largest absolute Gasteiger partial charge is 0.454 e. The van der Waals surface area contributed by atoms with Crippen LogP contribution in [0.5, 0.6) is 0 Å². The lowest BCUT2D eigenvalue weighted by molar-refractivity contribution is -0.146. The van der Waals surface area contributed by atoms with E-state index in [1.165, 1.54) is 13.0 Å². The fraction of sp³-hybridized carbons (Fsp3) is 0.143. The van der Waals surface area contributed by atoms with Crippen molar-refractivity contribution < 1.29 is 23.9 Å². The van der Waals surface area contributed by atoms with Crippen LogP contribution in [0.4, 0.5) is 5.69 Å². The first-order chi connectivity index (χ1) is 13.4. The van der Waals surface area contributed by atoms with Crippen LogP contribution in [0.3, 0.4) is 0 Å². The van der Waals surface area contributed by atoms with E-state index in [4.69, 9.17) is 4.74 Å².